The molecule has 0 aliphatic heterocycles. The molecule has 18 heavy (non-hydrogen) atoms. The largest absolute Gasteiger partial charge is 0.289 e. The van der Waals surface area contributed by atoms with Gasteiger partial charge in [0, 0.05) is 11.1 Å². The summed E-state index contributed by atoms with van der Waals surface area (Å²) >= 11 is 0. The Morgan fingerprint density at radius 2 is 1.39 bits per heavy atom. The van der Waals surface area contributed by atoms with Gasteiger partial charge in [-0.3, -0.25) is 4.79 Å². The molecule has 92 valence electrons. The molecule has 0 radical (unpaired) electrons. The second-order valence-electron chi connectivity index (χ2n) is 3.92. The summed E-state index contributed by atoms with van der Waals surface area (Å²) in [7, 11) is 0. The van der Waals surface area contributed by atoms with Crippen LogP contribution in [0.3, 0.4) is 0 Å². The minimum Gasteiger partial charge on any atom is -0.289 e. The highest BCUT2D eigenvalue weighted by atomic mass is 19.2. The van der Waals surface area contributed by atoms with Gasteiger partial charge in [0.05, 0.1) is 0 Å². The van der Waals surface area contributed by atoms with E-state index in [1.807, 2.05) is 0 Å². The van der Waals surface area contributed by atoms with Gasteiger partial charge in [-0.15, -0.1) is 0 Å². The molecule has 2 rings (SSSR count). The van der Waals surface area contributed by atoms with Crippen LogP contribution >= 0.6 is 0 Å². The molecule has 0 fully saturated rings. The summed E-state index contributed by atoms with van der Waals surface area (Å²) in [6.07, 6.45) is 0. The SMILES string of the molecule is Cc1cc(C(=O)c2ccc(F)c(F)c2)ccc1F. The van der Waals surface area contributed by atoms with E-state index in [0.717, 1.165) is 12.1 Å². The first kappa shape index (κ1) is 12.4. The second kappa shape index (κ2) is 4.64. The van der Waals surface area contributed by atoms with Crippen LogP contribution < -0.4 is 0 Å². The molecule has 0 aliphatic rings. The minimum atomic E-state index is -1.08. The molecule has 4 heteroatoms. The Morgan fingerprint density at radius 3 is 1.94 bits per heavy atom. The van der Waals surface area contributed by atoms with Crippen molar-refractivity contribution >= 4 is 5.78 Å². The van der Waals surface area contributed by atoms with Crippen molar-refractivity contribution in [2.45, 2.75) is 6.92 Å². The number of aryl methyl sites for hydroxylation is 1. The zero-order valence-corrected chi connectivity index (χ0v) is 9.51. The van der Waals surface area contributed by atoms with Crippen LogP contribution in [0.15, 0.2) is 36.4 Å². The number of rotatable bonds is 2. The summed E-state index contributed by atoms with van der Waals surface area (Å²) in [5.41, 5.74) is 0.586. The van der Waals surface area contributed by atoms with Gasteiger partial charge in [0.25, 0.3) is 0 Å². The summed E-state index contributed by atoms with van der Waals surface area (Å²) in [4.78, 5) is 12.0. The molecule has 2 aromatic rings. The first-order valence-corrected chi connectivity index (χ1v) is 5.25. The molecule has 0 spiro atoms. The monoisotopic (exact) mass is 250 g/mol. The zero-order chi connectivity index (χ0) is 13.3. The number of hydrogen-bond acceptors (Lipinski definition) is 1. The average molecular weight is 250 g/mol. The van der Waals surface area contributed by atoms with Gasteiger partial charge in [-0.25, -0.2) is 13.2 Å². The van der Waals surface area contributed by atoms with Crippen LogP contribution in [0.25, 0.3) is 0 Å². The Labute approximate surface area is 102 Å². The fourth-order valence-corrected chi connectivity index (χ4v) is 1.59. The van der Waals surface area contributed by atoms with Gasteiger partial charge in [0.1, 0.15) is 5.82 Å². The van der Waals surface area contributed by atoms with Crippen molar-refractivity contribution in [3.63, 3.8) is 0 Å². The molecule has 0 saturated carbocycles. The lowest BCUT2D eigenvalue weighted by Crippen LogP contribution is -2.03. The molecular formula is C14H9F3O. The smallest absolute Gasteiger partial charge is 0.193 e. The number of hydrogen-bond donors (Lipinski definition) is 0. The van der Waals surface area contributed by atoms with E-state index in [0.29, 0.717) is 5.56 Å². The van der Waals surface area contributed by atoms with Crippen LogP contribution in [0.4, 0.5) is 13.2 Å². The highest BCUT2D eigenvalue weighted by Crippen LogP contribution is 2.16. The summed E-state index contributed by atoms with van der Waals surface area (Å²) in [6.45, 7) is 1.53. The number of carbonyl (C=O) groups excluding carboxylic acids is 1. The van der Waals surface area contributed by atoms with Crippen LogP contribution in [0.1, 0.15) is 21.5 Å². The van der Waals surface area contributed by atoms with Gasteiger partial charge < -0.3 is 0 Å². The fourth-order valence-electron chi connectivity index (χ4n) is 1.59. The summed E-state index contributed by atoms with van der Waals surface area (Å²) in [5, 5.41) is 0. The lowest BCUT2D eigenvalue weighted by molar-refractivity contribution is 0.103. The zero-order valence-electron chi connectivity index (χ0n) is 9.51. The Hall–Kier alpha value is -2.10. The minimum absolute atomic E-state index is 0.0277. The van der Waals surface area contributed by atoms with Gasteiger partial charge in [0.2, 0.25) is 0 Å². The highest BCUT2D eigenvalue weighted by Gasteiger charge is 2.13. The molecule has 0 amide bonds. The third-order valence-electron chi connectivity index (χ3n) is 2.60. The first-order valence-electron chi connectivity index (χ1n) is 5.25. The topological polar surface area (TPSA) is 17.1 Å². The number of benzene rings is 2. The van der Waals surface area contributed by atoms with Gasteiger partial charge >= 0.3 is 0 Å². The number of halogens is 3. The fraction of sp³-hybridized carbons (Fsp3) is 0.0714. The molecule has 0 heterocycles. The van der Waals surface area contributed by atoms with E-state index in [2.05, 4.69) is 0 Å². The maximum Gasteiger partial charge on any atom is 0.193 e. The van der Waals surface area contributed by atoms with Crippen molar-refractivity contribution in [2.75, 3.05) is 0 Å². The summed E-state index contributed by atoms with van der Waals surface area (Å²) in [6, 6.07) is 6.77. The normalized spacial score (nSPS) is 10.4. The number of carbonyl (C=O) groups is 1. The lowest BCUT2D eigenvalue weighted by Gasteiger charge is -2.04. The Morgan fingerprint density at radius 1 is 0.833 bits per heavy atom. The molecule has 0 atom stereocenters. The number of ketones is 1. The molecule has 0 bridgehead atoms. The molecule has 0 unspecified atom stereocenters. The average Bonchev–Trinajstić information content (AvgIpc) is 2.35. The maximum absolute atomic E-state index is 13.1. The Balaban J connectivity index is 2.41. The molecule has 0 N–H and O–H groups in total. The van der Waals surface area contributed by atoms with E-state index in [4.69, 9.17) is 0 Å². The van der Waals surface area contributed by atoms with Crippen LogP contribution in [0.2, 0.25) is 0 Å². The van der Waals surface area contributed by atoms with E-state index in [9.17, 15) is 18.0 Å². The van der Waals surface area contributed by atoms with E-state index < -0.39 is 23.2 Å². The summed E-state index contributed by atoms with van der Waals surface area (Å²) in [5.74, 6) is -2.99. The third-order valence-corrected chi connectivity index (χ3v) is 2.60. The van der Waals surface area contributed by atoms with Crippen LogP contribution in [-0.4, -0.2) is 5.78 Å². The molecule has 0 aromatic heterocycles. The van der Waals surface area contributed by atoms with Crippen LogP contribution in [-0.2, 0) is 0 Å². The highest BCUT2D eigenvalue weighted by molar-refractivity contribution is 6.09. The van der Waals surface area contributed by atoms with Gasteiger partial charge in [-0.05, 0) is 48.9 Å². The lowest BCUT2D eigenvalue weighted by atomic mass is 10.0. The Bertz CT molecular complexity index is 567. The van der Waals surface area contributed by atoms with Gasteiger partial charge in [0.15, 0.2) is 17.4 Å². The van der Waals surface area contributed by atoms with Crippen LogP contribution in [0, 0.1) is 24.4 Å². The van der Waals surface area contributed by atoms with Crippen molar-refractivity contribution in [2.24, 2.45) is 0 Å². The first-order chi connectivity index (χ1) is 8.49. The molecular weight excluding hydrogens is 241 g/mol. The molecule has 2 aromatic carbocycles. The van der Waals surface area contributed by atoms with E-state index in [1.165, 1.54) is 31.2 Å². The molecule has 1 nitrogen and oxygen atoms in total. The van der Waals surface area contributed by atoms with Crippen molar-refractivity contribution in [1.29, 1.82) is 0 Å². The van der Waals surface area contributed by atoms with E-state index >= 15 is 0 Å². The van der Waals surface area contributed by atoms with Crippen LogP contribution in [0.5, 0.6) is 0 Å². The standard InChI is InChI=1S/C14H9F3O/c1-8-6-9(2-4-11(8)15)14(18)10-3-5-12(16)13(17)7-10/h2-7H,1H3. The molecule has 0 saturated heterocycles. The van der Waals surface area contributed by atoms with E-state index in [-0.39, 0.29) is 11.1 Å². The van der Waals surface area contributed by atoms with Crippen molar-refractivity contribution < 1.29 is 18.0 Å². The van der Waals surface area contributed by atoms with Gasteiger partial charge in [-0.2, -0.15) is 0 Å². The van der Waals surface area contributed by atoms with Gasteiger partial charge in [-0.1, -0.05) is 0 Å². The van der Waals surface area contributed by atoms with Crippen molar-refractivity contribution in [3.8, 4) is 0 Å². The summed E-state index contributed by atoms with van der Waals surface area (Å²) < 4.78 is 38.8. The Kier molecular flexibility index (Phi) is 3.19. The van der Waals surface area contributed by atoms with Crippen molar-refractivity contribution in [3.05, 3.63) is 70.5 Å². The third kappa shape index (κ3) is 2.27. The van der Waals surface area contributed by atoms with E-state index in [1.54, 1.807) is 0 Å². The molecule has 0 aliphatic carbocycles. The predicted molar refractivity (Wildman–Crippen MR) is 60.9 cm³/mol. The second-order valence-corrected chi connectivity index (χ2v) is 3.92. The maximum atomic E-state index is 13.1. The quantitative estimate of drug-likeness (QED) is 0.743. The predicted octanol–water partition coefficient (Wildman–Crippen LogP) is 3.64. The van der Waals surface area contributed by atoms with Crippen molar-refractivity contribution in [1.82, 2.24) is 0 Å².